The molecule has 0 aliphatic carbocycles. The van der Waals surface area contributed by atoms with E-state index in [0.717, 1.165) is 12.8 Å². The van der Waals surface area contributed by atoms with Gasteiger partial charge in [-0.3, -0.25) is 0 Å². The van der Waals surface area contributed by atoms with Gasteiger partial charge in [0.2, 0.25) is 10.0 Å². The molecule has 102 valence electrons. The van der Waals surface area contributed by atoms with Crippen molar-refractivity contribution >= 4 is 10.0 Å². The van der Waals surface area contributed by atoms with Crippen molar-refractivity contribution in [2.24, 2.45) is 5.92 Å². The molecule has 5 heteroatoms. The topological polar surface area (TPSA) is 49.4 Å². The highest BCUT2D eigenvalue weighted by atomic mass is 32.2. The number of hydrogen-bond acceptors (Lipinski definition) is 3. The molecule has 0 bridgehead atoms. The number of nitrogens with one attached hydrogen (secondary N) is 1. The first-order valence-electron chi connectivity index (χ1n) is 6.50. The first-order chi connectivity index (χ1) is 7.79. The van der Waals surface area contributed by atoms with Crippen LogP contribution >= 0.6 is 0 Å². The number of sulfonamides is 1. The van der Waals surface area contributed by atoms with Gasteiger partial charge in [0.15, 0.2) is 0 Å². The summed E-state index contributed by atoms with van der Waals surface area (Å²) in [4.78, 5) is 0. The molecule has 1 heterocycles. The van der Waals surface area contributed by atoms with Crippen LogP contribution < -0.4 is 5.32 Å². The Hall–Kier alpha value is -0.130. The van der Waals surface area contributed by atoms with Crippen molar-refractivity contribution in [1.82, 2.24) is 9.62 Å². The van der Waals surface area contributed by atoms with Crippen molar-refractivity contribution in [1.29, 1.82) is 0 Å². The van der Waals surface area contributed by atoms with Gasteiger partial charge in [0, 0.05) is 25.2 Å². The van der Waals surface area contributed by atoms with Crippen molar-refractivity contribution in [3.05, 3.63) is 0 Å². The second-order valence-corrected chi connectivity index (χ2v) is 7.62. The Labute approximate surface area is 106 Å². The van der Waals surface area contributed by atoms with Crippen LogP contribution in [0, 0.1) is 5.92 Å². The molecule has 1 unspecified atom stereocenters. The fourth-order valence-electron chi connectivity index (χ4n) is 2.53. The Morgan fingerprint density at radius 1 is 1.24 bits per heavy atom. The zero-order valence-electron chi connectivity index (χ0n) is 11.4. The van der Waals surface area contributed by atoms with Crippen LogP contribution in [-0.2, 0) is 10.0 Å². The van der Waals surface area contributed by atoms with Crippen LogP contribution in [0.5, 0.6) is 0 Å². The molecule has 0 amide bonds. The number of hydrogen-bond donors (Lipinski definition) is 1. The Kier molecular flexibility index (Phi) is 5.41. The van der Waals surface area contributed by atoms with Gasteiger partial charge >= 0.3 is 0 Å². The molecule has 1 atom stereocenters. The van der Waals surface area contributed by atoms with Crippen LogP contribution in [0.1, 0.15) is 40.0 Å². The van der Waals surface area contributed by atoms with Crippen LogP contribution in [0.25, 0.3) is 0 Å². The summed E-state index contributed by atoms with van der Waals surface area (Å²) in [6, 6.07) is 0.992. The minimum absolute atomic E-state index is 0.474. The molecule has 0 aromatic carbocycles. The number of piperidine rings is 1. The summed E-state index contributed by atoms with van der Waals surface area (Å²) in [6.45, 7) is 7.98. The summed E-state index contributed by atoms with van der Waals surface area (Å²) in [5.74, 6) is 0.702. The zero-order valence-corrected chi connectivity index (χ0v) is 12.3. The fourth-order valence-corrected chi connectivity index (χ4v) is 3.41. The zero-order chi connectivity index (χ0) is 13.1. The molecule has 1 saturated heterocycles. The fraction of sp³-hybridized carbons (Fsp3) is 1.00. The molecule has 1 N–H and O–H groups in total. The van der Waals surface area contributed by atoms with Crippen molar-refractivity contribution in [2.45, 2.75) is 52.1 Å². The summed E-state index contributed by atoms with van der Waals surface area (Å²) in [5, 5.41) is 3.60. The molecule has 4 nitrogen and oxygen atoms in total. The average molecular weight is 262 g/mol. The maximum Gasteiger partial charge on any atom is 0.211 e. The van der Waals surface area contributed by atoms with E-state index in [2.05, 4.69) is 26.1 Å². The monoisotopic (exact) mass is 262 g/mol. The second-order valence-electron chi connectivity index (χ2n) is 5.63. The van der Waals surface area contributed by atoms with Gasteiger partial charge in [0.25, 0.3) is 0 Å². The molecule has 17 heavy (non-hydrogen) atoms. The van der Waals surface area contributed by atoms with E-state index in [9.17, 15) is 8.42 Å². The van der Waals surface area contributed by atoms with Gasteiger partial charge in [0.05, 0.1) is 6.26 Å². The molecular weight excluding hydrogens is 236 g/mol. The molecule has 1 aliphatic heterocycles. The molecule has 0 saturated carbocycles. The van der Waals surface area contributed by atoms with Gasteiger partial charge in [-0.25, -0.2) is 12.7 Å². The van der Waals surface area contributed by atoms with E-state index in [1.54, 1.807) is 4.31 Å². The van der Waals surface area contributed by atoms with Crippen molar-refractivity contribution in [3.8, 4) is 0 Å². The van der Waals surface area contributed by atoms with E-state index in [-0.39, 0.29) is 0 Å². The number of rotatable bonds is 5. The molecular formula is C12H26N2O2S. The Bertz CT molecular complexity index is 319. The quantitative estimate of drug-likeness (QED) is 0.815. The largest absolute Gasteiger partial charge is 0.311 e. The predicted octanol–water partition coefficient (Wildman–Crippen LogP) is 1.43. The lowest BCUT2D eigenvalue weighted by atomic mass is 10.0. The van der Waals surface area contributed by atoms with E-state index in [1.165, 1.54) is 12.7 Å². The lowest BCUT2D eigenvalue weighted by Crippen LogP contribution is -2.47. The van der Waals surface area contributed by atoms with Gasteiger partial charge in [-0.1, -0.05) is 13.8 Å². The molecule has 1 aliphatic rings. The molecule has 0 radical (unpaired) electrons. The van der Waals surface area contributed by atoms with Crippen LogP contribution in [0.15, 0.2) is 0 Å². The van der Waals surface area contributed by atoms with Gasteiger partial charge in [-0.2, -0.15) is 0 Å². The van der Waals surface area contributed by atoms with Crippen LogP contribution in [-0.4, -0.2) is 44.2 Å². The second kappa shape index (κ2) is 6.16. The third-order valence-electron chi connectivity index (χ3n) is 3.27. The summed E-state index contributed by atoms with van der Waals surface area (Å²) in [6.07, 6.45) is 4.32. The molecule has 1 rings (SSSR count). The highest BCUT2D eigenvalue weighted by Crippen LogP contribution is 2.15. The Morgan fingerprint density at radius 3 is 2.18 bits per heavy atom. The lowest BCUT2D eigenvalue weighted by Gasteiger charge is -2.32. The van der Waals surface area contributed by atoms with Gasteiger partial charge < -0.3 is 5.32 Å². The van der Waals surface area contributed by atoms with E-state index >= 15 is 0 Å². The highest BCUT2D eigenvalue weighted by Gasteiger charge is 2.25. The third-order valence-corrected chi connectivity index (χ3v) is 4.57. The highest BCUT2D eigenvalue weighted by molar-refractivity contribution is 7.88. The smallest absolute Gasteiger partial charge is 0.211 e. The van der Waals surface area contributed by atoms with Gasteiger partial charge in [-0.15, -0.1) is 0 Å². The molecule has 0 spiro atoms. The maximum absolute atomic E-state index is 11.4. The first-order valence-corrected chi connectivity index (χ1v) is 8.35. The first kappa shape index (κ1) is 14.9. The van der Waals surface area contributed by atoms with Crippen molar-refractivity contribution < 1.29 is 8.42 Å². The third kappa shape index (κ3) is 5.36. The normalized spacial score (nSPS) is 21.9. The summed E-state index contributed by atoms with van der Waals surface area (Å²) < 4.78 is 24.3. The van der Waals surface area contributed by atoms with E-state index < -0.39 is 10.0 Å². The average Bonchev–Trinajstić information content (AvgIpc) is 2.15. The summed E-state index contributed by atoms with van der Waals surface area (Å²) in [5.41, 5.74) is 0. The Balaban J connectivity index is 2.33. The standard InChI is InChI=1S/C12H26N2O2S/c1-10(2)9-11(3)13-12-5-7-14(8-6-12)17(4,15)16/h10-13H,5-9H2,1-4H3. The minimum atomic E-state index is -2.99. The number of nitrogens with zero attached hydrogens (tertiary/aromatic N) is 1. The predicted molar refractivity (Wildman–Crippen MR) is 71.5 cm³/mol. The maximum atomic E-state index is 11.4. The van der Waals surface area contributed by atoms with E-state index in [1.807, 2.05) is 0 Å². The van der Waals surface area contributed by atoms with E-state index in [0.29, 0.717) is 31.1 Å². The SMILES string of the molecule is CC(C)CC(C)NC1CCN(S(C)(=O)=O)CC1. The van der Waals surface area contributed by atoms with Crippen LogP contribution in [0.4, 0.5) is 0 Å². The lowest BCUT2D eigenvalue weighted by molar-refractivity contribution is 0.268. The summed E-state index contributed by atoms with van der Waals surface area (Å²) in [7, 11) is -2.99. The minimum Gasteiger partial charge on any atom is -0.311 e. The molecule has 1 fully saturated rings. The molecule has 0 aromatic heterocycles. The van der Waals surface area contributed by atoms with Crippen molar-refractivity contribution in [2.75, 3.05) is 19.3 Å². The van der Waals surface area contributed by atoms with Crippen molar-refractivity contribution in [3.63, 3.8) is 0 Å². The van der Waals surface area contributed by atoms with E-state index in [4.69, 9.17) is 0 Å². The molecule has 0 aromatic rings. The van der Waals surface area contributed by atoms with Gasteiger partial charge in [-0.05, 0) is 32.1 Å². The Morgan fingerprint density at radius 2 is 1.76 bits per heavy atom. The van der Waals surface area contributed by atoms with Crippen LogP contribution in [0.2, 0.25) is 0 Å². The van der Waals surface area contributed by atoms with Crippen LogP contribution in [0.3, 0.4) is 0 Å². The summed E-state index contributed by atoms with van der Waals surface area (Å²) >= 11 is 0. The van der Waals surface area contributed by atoms with Gasteiger partial charge in [0.1, 0.15) is 0 Å².